The molecular formula is C21H16F2N4O6. The number of cyclic esters (lactones) is 2. The van der Waals surface area contributed by atoms with Gasteiger partial charge in [-0.2, -0.15) is 0 Å². The minimum Gasteiger partial charge on any atom is -0.471 e. The van der Waals surface area contributed by atoms with Crippen molar-refractivity contribution in [2.75, 3.05) is 36.1 Å². The predicted molar refractivity (Wildman–Crippen MR) is 108 cm³/mol. The highest BCUT2D eigenvalue weighted by Gasteiger charge is 2.35. The normalized spacial score (nSPS) is 17.9. The lowest BCUT2D eigenvalue weighted by Gasteiger charge is -2.16. The van der Waals surface area contributed by atoms with Crippen molar-refractivity contribution in [2.45, 2.75) is 6.10 Å². The summed E-state index contributed by atoms with van der Waals surface area (Å²) in [6.07, 6.45) is 0.619. The van der Waals surface area contributed by atoms with Crippen LogP contribution in [0.1, 0.15) is 0 Å². The van der Waals surface area contributed by atoms with Gasteiger partial charge in [0.25, 0.3) is 5.88 Å². The quantitative estimate of drug-likeness (QED) is 0.553. The number of ether oxygens (including phenoxy) is 3. The number of halogens is 2. The second-order valence-corrected chi connectivity index (χ2v) is 7.20. The van der Waals surface area contributed by atoms with Crippen LogP contribution in [0.2, 0.25) is 0 Å². The first-order chi connectivity index (χ1) is 16.0. The molecule has 170 valence electrons. The Kier molecular flexibility index (Phi) is 5.24. The fourth-order valence-corrected chi connectivity index (χ4v) is 3.54. The van der Waals surface area contributed by atoms with Crippen molar-refractivity contribution in [3.05, 3.63) is 54.4 Å². The summed E-state index contributed by atoms with van der Waals surface area (Å²) in [6, 6.07) is 7.17. The predicted octanol–water partition coefficient (Wildman–Crippen LogP) is 3.38. The maximum absolute atomic E-state index is 14.9. The van der Waals surface area contributed by atoms with Crippen LogP contribution in [0.4, 0.5) is 29.9 Å². The summed E-state index contributed by atoms with van der Waals surface area (Å²) in [5.74, 6) is -1.78. The molecule has 2 aromatic heterocycles. The van der Waals surface area contributed by atoms with Crippen LogP contribution in [0.3, 0.4) is 0 Å². The van der Waals surface area contributed by atoms with Crippen molar-refractivity contribution >= 4 is 23.7 Å². The molecule has 2 aliphatic heterocycles. The van der Waals surface area contributed by atoms with Gasteiger partial charge < -0.3 is 18.7 Å². The number of amides is 2. The van der Waals surface area contributed by atoms with Gasteiger partial charge in [-0.15, -0.1) is 0 Å². The summed E-state index contributed by atoms with van der Waals surface area (Å²) in [4.78, 5) is 30.4. The third-order valence-corrected chi connectivity index (χ3v) is 5.15. The molecule has 1 aromatic carbocycles. The van der Waals surface area contributed by atoms with Gasteiger partial charge >= 0.3 is 12.2 Å². The van der Waals surface area contributed by atoms with Crippen molar-refractivity contribution in [2.24, 2.45) is 0 Å². The Morgan fingerprint density at radius 3 is 2.64 bits per heavy atom. The number of pyridine rings is 1. The molecule has 2 amide bonds. The smallest absolute Gasteiger partial charge is 0.415 e. The second-order valence-electron chi connectivity index (χ2n) is 7.20. The van der Waals surface area contributed by atoms with Crippen LogP contribution in [0.5, 0.6) is 5.88 Å². The molecule has 4 heterocycles. The van der Waals surface area contributed by atoms with E-state index in [1.165, 1.54) is 47.7 Å². The SMILES string of the molecule is O=C1OCCN1c1ccc(-c2ccc(N3C[C@H](COc4ccon4)OC3=O)c(F)c2F)cn1. The summed E-state index contributed by atoms with van der Waals surface area (Å²) in [5, 5.41) is 3.58. The van der Waals surface area contributed by atoms with Crippen molar-refractivity contribution < 1.29 is 37.1 Å². The zero-order valence-corrected chi connectivity index (χ0v) is 16.9. The number of carbonyl (C=O) groups excluding carboxylic acids is 2. The molecule has 0 unspecified atom stereocenters. The lowest BCUT2D eigenvalue weighted by molar-refractivity contribution is 0.101. The second kappa shape index (κ2) is 8.37. The lowest BCUT2D eigenvalue weighted by atomic mass is 10.1. The van der Waals surface area contributed by atoms with Gasteiger partial charge in [-0.05, 0) is 29.4 Å². The van der Waals surface area contributed by atoms with Crippen LogP contribution < -0.4 is 14.5 Å². The molecule has 33 heavy (non-hydrogen) atoms. The molecule has 0 radical (unpaired) electrons. The molecule has 1 atom stereocenters. The first-order valence-electron chi connectivity index (χ1n) is 9.91. The molecule has 0 bridgehead atoms. The van der Waals surface area contributed by atoms with Gasteiger partial charge in [0.1, 0.15) is 25.3 Å². The topological polar surface area (TPSA) is 107 Å². The average molecular weight is 458 g/mol. The summed E-state index contributed by atoms with van der Waals surface area (Å²) >= 11 is 0. The number of aromatic nitrogens is 2. The largest absolute Gasteiger partial charge is 0.471 e. The molecule has 12 heteroatoms. The lowest BCUT2D eigenvalue weighted by Crippen LogP contribution is -2.27. The van der Waals surface area contributed by atoms with Crippen molar-refractivity contribution in [1.82, 2.24) is 10.1 Å². The molecule has 0 N–H and O–H groups in total. The van der Waals surface area contributed by atoms with E-state index in [1.807, 2.05) is 0 Å². The van der Waals surface area contributed by atoms with Gasteiger partial charge in [-0.25, -0.2) is 23.4 Å². The van der Waals surface area contributed by atoms with Gasteiger partial charge in [-0.3, -0.25) is 9.80 Å². The van der Waals surface area contributed by atoms with Crippen molar-refractivity contribution in [3.8, 4) is 17.0 Å². The van der Waals surface area contributed by atoms with E-state index >= 15 is 0 Å². The maximum Gasteiger partial charge on any atom is 0.415 e. The summed E-state index contributed by atoms with van der Waals surface area (Å²) < 4.78 is 49.8. The number of hydrogen-bond donors (Lipinski definition) is 0. The minimum atomic E-state index is -1.20. The monoisotopic (exact) mass is 458 g/mol. The Morgan fingerprint density at radius 2 is 1.94 bits per heavy atom. The van der Waals surface area contributed by atoms with E-state index in [-0.39, 0.29) is 36.9 Å². The van der Waals surface area contributed by atoms with E-state index < -0.39 is 29.9 Å². The molecular weight excluding hydrogens is 442 g/mol. The standard InChI is InChI=1S/C21H16F2N4O6/c22-18-14(12-1-4-16(24-9-12)26-6-8-30-20(26)28)2-3-15(19(18)23)27-10-13(33-21(27)29)11-31-17-5-7-32-25-17/h1-5,7,9,13H,6,8,10-11H2/t13-/m1/s1. The summed E-state index contributed by atoms with van der Waals surface area (Å²) in [6.45, 7) is 0.559. The Labute approximate surface area is 185 Å². The molecule has 2 saturated heterocycles. The maximum atomic E-state index is 14.9. The van der Waals surface area contributed by atoms with Gasteiger partial charge in [0.15, 0.2) is 17.7 Å². The number of benzene rings is 1. The zero-order chi connectivity index (χ0) is 22.9. The van der Waals surface area contributed by atoms with E-state index in [9.17, 15) is 18.4 Å². The summed E-state index contributed by atoms with van der Waals surface area (Å²) in [5.41, 5.74) is 0.00417. The molecule has 2 fully saturated rings. The Balaban J connectivity index is 1.32. The van der Waals surface area contributed by atoms with Crippen LogP contribution in [0, 0.1) is 11.6 Å². The van der Waals surface area contributed by atoms with Crippen LogP contribution in [0.25, 0.3) is 11.1 Å². The van der Waals surface area contributed by atoms with Gasteiger partial charge in [-0.1, -0.05) is 0 Å². The molecule has 3 aromatic rings. The first kappa shape index (κ1) is 20.7. The highest BCUT2D eigenvalue weighted by molar-refractivity contribution is 5.90. The van der Waals surface area contributed by atoms with Crippen LogP contribution in [-0.4, -0.2) is 54.7 Å². The highest BCUT2D eigenvalue weighted by Crippen LogP contribution is 2.33. The minimum absolute atomic E-state index is 0.0282. The molecule has 0 spiro atoms. The molecule has 0 saturated carbocycles. The molecule has 5 rings (SSSR count). The third kappa shape index (κ3) is 3.90. The molecule has 2 aliphatic rings. The number of rotatable bonds is 6. The number of anilines is 2. The van der Waals surface area contributed by atoms with E-state index in [4.69, 9.17) is 14.2 Å². The van der Waals surface area contributed by atoms with Crippen LogP contribution >= 0.6 is 0 Å². The Morgan fingerprint density at radius 1 is 1.06 bits per heavy atom. The highest BCUT2D eigenvalue weighted by atomic mass is 19.2. The third-order valence-electron chi connectivity index (χ3n) is 5.15. The number of carbonyl (C=O) groups is 2. The van der Waals surface area contributed by atoms with E-state index in [0.717, 1.165) is 4.90 Å². The van der Waals surface area contributed by atoms with E-state index in [1.54, 1.807) is 0 Å². The van der Waals surface area contributed by atoms with E-state index in [0.29, 0.717) is 17.9 Å². The van der Waals surface area contributed by atoms with Gasteiger partial charge in [0.05, 0.1) is 18.8 Å². The Bertz CT molecular complexity index is 1190. The molecule has 0 aliphatic carbocycles. The van der Waals surface area contributed by atoms with Crippen molar-refractivity contribution in [3.63, 3.8) is 0 Å². The van der Waals surface area contributed by atoms with Crippen molar-refractivity contribution in [1.29, 1.82) is 0 Å². The fourth-order valence-electron chi connectivity index (χ4n) is 3.54. The number of hydrogen-bond acceptors (Lipinski definition) is 8. The Hall–Kier alpha value is -4.22. The number of nitrogens with zero attached hydrogens (tertiary/aromatic N) is 4. The first-order valence-corrected chi connectivity index (χ1v) is 9.91. The van der Waals surface area contributed by atoms with Crippen LogP contribution in [0.15, 0.2) is 47.3 Å². The summed E-state index contributed by atoms with van der Waals surface area (Å²) in [7, 11) is 0. The zero-order valence-electron chi connectivity index (χ0n) is 16.9. The van der Waals surface area contributed by atoms with E-state index in [2.05, 4.69) is 14.7 Å². The average Bonchev–Trinajstić information content (AvgIpc) is 3.56. The van der Waals surface area contributed by atoms with Gasteiger partial charge in [0.2, 0.25) is 0 Å². The molecule has 10 nitrogen and oxygen atoms in total. The fraction of sp³-hybridized carbons (Fsp3) is 0.238. The van der Waals surface area contributed by atoms with Gasteiger partial charge in [0, 0.05) is 23.4 Å². The van der Waals surface area contributed by atoms with Crippen LogP contribution in [-0.2, 0) is 9.47 Å².